The van der Waals surface area contributed by atoms with Gasteiger partial charge < -0.3 is 5.11 Å². The molecule has 0 radical (unpaired) electrons. The lowest BCUT2D eigenvalue weighted by Gasteiger charge is -2.19. The van der Waals surface area contributed by atoms with Crippen LogP contribution >= 0.6 is 0 Å². The average molecular weight is 232 g/mol. The zero-order valence-corrected chi connectivity index (χ0v) is 10.3. The SMILES string of the molecule is Cn1nc2ccccc2c1CC(C)(C)C(=O)O. The molecule has 0 fully saturated rings. The Morgan fingerprint density at radius 3 is 2.71 bits per heavy atom. The van der Waals surface area contributed by atoms with Crippen molar-refractivity contribution in [1.82, 2.24) is 9.78 Å². The lowest BCUT2D eigenvalue weighted by Crippen LogP contribution is -2.27. The molecule has 0 aliphatic carbocycles. The van der Waals surface area contributed by atoms with E-state index in [1.165, 1.54) is 0 Å². The Labute approximate surface area is 99.9 Å². The number of aliphatic carboxylic acids is 1. The van der Waals surface area contributed by atoms with E-state index in [2.05, 4.69) is 5.10 Å². The maximum absolute atomic E-state index is 11.2. The highest BCUT2D eigenvalue weighted by Crippen LogP contribution is 2.26. The number of hydrogen-bond acceptors (Lipinski definition) is 2. The van der Waals surface area contributed by atoms with Crippen LogP contribution in [0.25, 0.3) is 10.9 Å². The van der Waals surface area contributed by atoms with Crippen LogP contribution in [0, 0.1) is 5.41 Å². The minimum absolute atomic E-state index is 0.472. The van der Waals surface area contributed by atoms with Crippen LogP contribution < -0.4 is 0 Å². The fourth-order valence-corrected chi connectivity index (χ4v) is 1.91. The predicted molar refractivity (Wildman–Crippen MR) is 65.8 cm³/mol. The second-order valence-electron chi connectivity index (χ2n) is 4.95. The first-order chi connectivity index (χ1) is 7.92. The Balaban J connectivity index is 2.49. The number of rotatable bonds is 3. The summed E-state index contributed by atoms with van der Waals surface area (Å²) < 4.78 is 1.77. The molecule has 90 valence electrons. The number of carboxylic acids is 1. The number of hydrogen-bond donors (Lipinski definition) is 1. The Morgan fingerprint density at radius 1 is 1.41 bits per heavy atom. The van der Waals surface area contributed by atoms with Crippen LogP contribution in [0.15, 0.2) is 24.3 Å². The molecular formula is C13H16N2O2. The molecule has 0 amide bonds. The molecule has 0 unspecified atom stereocenters. The molecule has 0 bridgehead atoms. The zero-order chi connectivity index (χ0) is 12.6. The van der Waals surface area contributed by atoms with Crippen molar-refractivity contribution >= 4 is 16.9 Å². The van der Waals surface area contributed by atoms with Gasteiger partial charge in [0.2, 0.25) is 0 Å². The van der Waals surface area contributed by atoms with Crippen LogP contribution in [-0.2, 0) is 18.3 Å². The van der Waals surface area contributed by atoms with E-state index in [1.54, 1.807) is 18.5 Å². The number of fused-ring (bicyclic) bond motifs is 1. The van der Waals surface area contributed by atoms with Crippen LogP contribution in [0.2, 0.25) is 0 Å². The summed E-state index contributed by atoms with van der Waals surface area (Å²) in [7, 11) is 1.85. The molecule has 0 spiro atoms. The standard InChI is InChI=1S/C13H16N2O2/c1-13(2,12(16)17)8-11-9-6-4-5-7-10(9)14-15(11)3/h4-7H,8H2,1-3H3,(H,16,17). The van der Waals surface area contributed by atoms with Gasteiger partial charge in [0.05, 0.1) is 10.9 Å². The largest absolute Gasteiger partial charge is 0.481 e. The van der Waals surface area contributed by atoms with Crippen molar-refractivity contribution in [1.29, 1.82) is 0 Å². The quantitative estimate of drug-likeness (QED) is 0.882. The fraction of sp³-hybridized carbons (Fsp3) is 0.385. The number of aromatic nitrogens is 2. The summed E-state index contributed by atoms with van der Waals surface area (Å²) in [6, 6.07) is 7.80. The van der Waals surface area contributed by atoms with Crippen molar-refractivity contribution in [3.63, 3.8) is 0 Å². The van der Waals surface area contributed by atoms with Gasteiger partial charge in [-0.3, -0.25) is 9.48 Å². The molecule has 0 aliphatic heterocycles. The van der Waals surface area contributed by atoms with E-state index in [1.807, 2.05) is 31.3 Å². The van der Waals surface area contributed by atoms with E-state index in [-0.39, 0.29) is 0 Å². The Kier molecular flexibility index (Phi) is 2.65. The zero-order valence-electron chi connectivity index (χ0n) is 10.3. The topological polar surface area (TPSA) is 55.1 Å². The Hall–Kier alpha value is -1.84. The normalized spacial score (nSPS) is 11.9. The third-order valence-corrected chi connectivity index (χ3v) is 3.05. The molecule has 0 atom stereocenters. The van der Waals surface area contributed by atoms with Crippen molar-refractivity contribution in [2.45, 2.75) is 20.3 Å². The van der Waals surface area contributed by atoms with Gasteiger partial charge in [-0.15, -0.1) is 0 Å². The van der Waals surface area contributed by atoms with E-state index >= 15 is 0 Å². The van der Waals surface area contributed by atoms with E-state index in [0.717, 1.165) is 16.6 Å². The van der Waals surface area contributed by atoms with Crippen molar-refractivity contribution < 1.29 is 9.90 Å². The van der Waals surface area contributed by atoms with Crippen LogP contribution in [-0.4, -0.2) is 20.9 Å². The molecule has 1 heterocycles. The van der Waals surface area contributed by atoms with Gasteiger partial charge in [0.15, 0.2) is 0 Å². The monoisotopic (exact) mass is 232 g/mol. The minimum Gasteiger partial charge on any atom is -0.481 e. The van der Waals surface area contributed by atoms with Gasteiger partial charge in [-0.25, -0.2) is 0 Å². The molecule has 4 nitrogen and oxygen atoms in total. The number of nitrogens with zero attached hydrogens (tertiary/aromatic N) is 2. The molecule has 0 saturated heterocycles. The lowest BCUT2D eigenvalue weighted by molar-refractivity contribution is -0.146. The molecular weight excluding hydrogens is 216 g/mol. The summed E-state index contributed by atoms with van der Waals surface area (Å²) in [6.45, 7) is 3.47. The summed E-state index contributed by atoms with van der Waals surface area (Å²) in [5.74, 6) is -0.789. The average Bonchev–Trinajstić information content (AvgIpc) is 2.55. The molecule has 1 aromatic carbocycles. The van der Waals surface area contributed by atoms with Crippen molar-refractivity contribution in [3.05, 3.63) is 30.0 Å². The Morgan fingerprint density at radius 2 is 2.06 bits per heavy atom. The number of carboxylic acid groups (broad SMARTS) is 1. The minimum atomic E-state index is -0.789. The molecule has 1 aromatic heterocycles. The molecule has 4 heteroatoms. The Bertz CT molecular complexity index is 570. The first-order valence-corrected chi connectivity index (χ1v) is 5.56. The molecule has 0 aliphatic rings. The highest BCUT2D eigenvalue weighted by molar-refractivity contribution is 5.82. The third kappa shape index (κ3) is 2.02. The maximum atomic E-state index is 11.2. The molecule has 17 heavy (non-hydrogen) atoms. The smallest absolute Gasteiger partial charge is 0.309 e. The van der Waals surface area contributed by atoms with Gasteiger partial charge in [0, 0.05) is 24.5 Å². The van der Waals surface area contributed by atoms with Gasteiger partial charge in [0.1, 0.15) is 0 Å². The number of carbonyl (C=O) groups is 1. The summed E-state index contributed by atoms with van der Waals surface area (Å²) in [5.41, 5.74) is 1.09. The first-order valence-electron chi connectivity index (χ1n) is 5.56. The number of aryl methyl sites for hydroxylation is 1. The highest BCUT2D eigenvalue weighted by Gasteiger charge is 2.29. The van der Waals surface area contributed by atoms with Gasteiger partial charge in [-0.1, -0.05) is 18.2 Å². The molecule has 0 saturated carbocycles. The molecule has 2 rings (SSSR count). The van der Waals surface area contributed by atoms with Crippen LogP contribution in [0.4, 0.5) is 0 Å². The maximum Gasteiger partial charge on any atom is 0.309 e. The molecule has 1 N–H and O–H groups in total. The van der Waals surface area contributed by atoms with Gasteiger partial charge in [-0.2, -0.15) is 5.10 Å². The fourth-order valence-electron chi connectivity index (χ4n) is 1.91. The van der Waals surface area contributed by atoms with Crippen LogP contribution in [0.3, 0.4) is 0 Å². The summed E-state index contributed by atoms with van der Waals surface area (Å²) in [4.78, 5) is 11.2. The van der Waals surface area contributed by atoms with Gasteiger partial charge >= 0.3 is 5.97 Å². The summed E-state index contributed by atoms with van der Waals surface area (Å²) in [6.07, 6.45) is 0.472. The second kappa shape index (κ2) is 3.87. The van der Waals surface area contributed by atoms with Crippen molar-refractivity contribution in [2.24, 2.45) is 12.5 Å². The van der Waals surface area contributed by atoms with Gasteiger partial charge in [-0.05, 0) is 19.9 Å². The first kappa shape index (κ1) is 11.6. The van der Waals surface area contributed by atoms with E-state index in [4.69, 9.17) is 0 Å². The second-order valence-corrected chi connectivity index (χ2v) is 4.95. The van der Waals surface area contributed by atoms with E-state index in [0.29, 0.717) is 6.42 Å². The summed E-state index contributed by atoms with van der Waals surface area (Å²) >= 11 is 0. The van der Waals surface area contributed by atoms with Crippen LogP contribution in [0.1, 0.15) is 19.5 Å². The lowest BCUT2D eigenvalue weighted by atomic mass is 9.87. The summed E-state index contributed by atoms with van der Waals surface area (Å²) in [5, 5.41) is 14.6. The third-order valence-electron chi connectivity index (χ3n) is 3.05. The predicted octanol–water partition coefficient (Wildman–Crippen LogP) is 2.23. The highest BCUT2D eigenvalue weighted by atomic mass is 16.4. The van der Waals surface area contributed by atoms with Crippen LogP contribution in [0.5, 0.6) is 0 Å². The van der Waals surface area contributed by atoms with Crippen molar-refractivity contribution in [3.8, 4) is 0 Å². The van der Waals surface area contributed by atoms with Gasteiger partial charge in [0.25, 0.3) is 0 Å². The van der Waals surface area contributed by atoms with Crippen molar-refractivity contribution in [2.75, 3.05) is 0 Å². The van der Waals surface area contributed by atoms with E-state index in [9.17, 15) is 9.90 Å². The molecule has 2 aromatic rings. The van der Waals surface area contributed by atoms with E-state index < -0.39 is 11.4 Å². The number of benzene rings is 1.